The average Bonchev–Trinajstić information content (AvgIpc) is 2.88. The Morgan fingerprint density at radius 2 is 2.24 bits per heavy atom. The second kappa shape index (κ2) is 6.82. The van der Waals surface area contributed by atoms with Crippen molar-refractivity contribution in [3.05, 3.63) is 29.1 Å². The Balaban J connectivity index is 1.91. The van der Waals surface area contributed by atoms with E-state index in [-0.39, 0.29) is 23.6 Å². The number of hydrogen-bond acceptors (Lipinski definition) is 6. The Bertz CT molecular complexity index is 645. The van der Waals surface area contributed by atoms with Gasteiger partial charge in [0.05, 0.1) is 5.75 Å². The van der Waals surface area contributed by atoms with Crippen LogP contribution in [0.25, 0.3) is 0 Å². The van der Waals surface area contributed by atoms with Crippen LogP contribution in [0.15, 0.2) is 27.5 Å². The fourth-order valence-electron chi connectivity index (χ4n) is 1.45. The molecule has 1 aromatic carbocycles. The summed E-state index contributed by atoms with van der Waals surface area (Å²) in [6.45, 7) is 3.85. The first-order valence-electron chi connectivity index (χ1n) is 6.27. The number of aromatic nitrogens is 2. The molecule has 3 N–H and O–H groups in total. The standard InChI is InChI=1S/C13H15ClN4O2S/c1-7(2)12-17-18-13(20-12)16-11(19)6-21-10-5-8(14)3-4-9(10)15/h3-5,7H,6,15H2,1-2H3,(H,16,18,19). The lowest BCUT2D eigenvalue weighted by atomic mass is 10.2. The van der Waals surface area contributed by atoms with Crippen molar-refractivity contribution in [2.24, 2.45) is 0 Å². The molecule has 0 spiro atoms. The minimum absolute atomic E-state index is 0.100. The van der Waals surface area contributed by atoms with Gasteiger partial charge >= 0.3 is 6.01 Å². The van der Waals surface area contributed by atoms with E-state index in [9.17, 15) is 4.79 Å². The lowest BCUT2D eigenvalue weighted by Crippen LogP contribution is -2.14. The van der Waals surface area contributed by atoms with Gasteiger partial charge in [0.25, 0.3) is 0 Å². The minimum Gasteiger partial charge on any atom is -0.408 e. The van der Waals surface area contributed by atoms with Gasteiger partial charge in [0.1, 0.15) is 0 Å². The van der Waals surface area contributed by atoms with Crippen LogP contribution in [-0.4, -0.2) is 21.9 Å². The Labute approximate surface area is 131 Å². The van der Waals surface area contributed by atoms with Gasteiger partial charge in [-0.2, -0.15) is 0 Å². The van der Waals surface area contributed by atoms with Crippen LogP contribution in [0, 0.1) is 0 Å². The van der Waals surface area contributed by atoms with Crippen molar-refractivity contribution in [1.82, 2.24) is 10.2 Å². The highest BCUT2D eigenvalue weighted by atomic mass is 35.5. The number of carbonyl (C=O) groups excluding carboxylic acids is 1. The summed E-state index contributed by atoms with van der Waals surface area (Å²) >= 11 is 7.18. The van der Waals surface area contributed by atoms with E-state index in [0.29, 0.717) is 16.6 Å². The molecular formula is C13H15ClN4O2S. The summed E-state index contributed by atoms with van der Waals surface area (Å²) in [5, 5.41) is 10.7. The lowest BCUT2D eigenvalue weighted by molar-refractivity contribution is -0.113. The van der Waals surface area contributed by atoms with Crippen molar-refractivity contribution in [1.29, 1.82) is 0 Å². The maximum Gasteiger partial charge on any atom is 0.322 e. The zero-order chi connectivity index (χ0) is 15.4. The Hall–Kier alpha value is -1.73. The van der Waals surface area contributed by atoms with Crippen LogP contribution in [-0.2, 0) is 4.79 Å². The van der Waals surface area contributed by atoms with Gasteiger partial charge in [-0.3, -0.25) is 10.1 Å². The highest BCUT2D eigenvalue weighted by Gasteiger charge is 2.12. The molecule has 8 heteroatoms. The number of hydrogen-bond donors (Lipinski definition) is 2. The number of amides is 1. The van der Waals surface area contributed by atoms with Gasteiger partial charge in [0.2, 0.25) is 11.8 Å². The molecule has 2 rings (SSSR count). The molecule has 1 heterocycles. The van der Waals surface area contributed by atoms with Gasteiger partial charge in [-0.25, -0.2) is 0 Å². The first-order valence-corrected chi connectivity index (χ1v) is 7.63. The third-order valence-corrected chi connectivity index (χ3v) is 3.82. The predicted octanol–water partition coefficient (Wildman–Crippen LogP) is 3.16. The van der Waals surface area contributed by atoms with Crippen molar-refractivity contribution in [3.63, 3.8) is 0 Å². The molecule has 2 aromatic rings. The number of thioether (sulfide) groups is 1. The molecule has 1 aromatic heterocycles. The van der Waals surface area contributed by atoms with Crippen LogP contribution in [0.4, 0.5) is 11.7 Å². The lowest BCUT2D eigenvalue weighted by Gasteiger charge is -2.05. The molecule has 0 radical (unpaired) electrons. The minimum atomic E-state index is -0.252. The molecule has 0 aliphatic rings. The SMILES string of the molecule is CC(C)c1nnc(NC(=O)CSc2cc(Cl)ccc2N)o1. The van der Waals surface area contributed by atoms with Gasteiger partial charge < -0.3 is 10.2 Å². The van der Waals surface area contributed by atoms with Crippen molar-refractivity contribution >= 4 is 41.0 Å². The normalized spacial score (nSPS) is 10.9. The number of benzene rings is 1. The molecule has 0 unspecified atom stereocenters. The van der Waals surface area contributed by atoms with Crippen LogP contribution in [0.3, 0.4) is 0 Å². The summed E-state index contributed by atoms with van der Waals surface area (Å²) in [4.78, 5) is 12.6. The van der Waals surface area contributed by atoms with Crippen molar-refractivity contribution < 1.29 is 9.21 Å². The maximum absolute atomic E-state index is 11.8. The summed E-state index contributed by atoms with van der Waals surface area (Å²) in [5.41, 5.74) is 6.39. The Morgan fingerprint density at radius 3 is 2.90 bits per heavy atom. The van der Waals surface area contributed by atoms with Crippen LogP contribution < -0.4 is 11.1 Å². The summed E-state index contributed by atoms with van der Waals surface area (Å²) in [6, 6.07) is 5.23. The van der Waals surface area contributed by atoms with E-state index in [0.717, 1.165) is 4.90 Å². The van der Waals surface area contributed by atoms with Crippen molar-refractivity contribution in [2.75, 3.05) is 16.8 Å². The molecule has 0 saturated carbocycles. The molecule has 6 nitrogen and oxygen atoms in total. The topological polar surface area (TPSA) is 94.0 Å². The van der Waals surface area contributed by atoms with Crippen LogP contribution in [0.5, 0.6) is 0 Å². The van der Waals surface area contributed by atoms with E-state index in [2.05, 4.69) is 15.5 Å². The number of rotatable bonds is 5. The van der Waals surface area contributed by atoms with Gasteiger partial charge in [-0.1, -0.05) is 30.5 Å². The van der Waals surface area contributed by atoms with E-state index < -0.39 is 0 Å². The molecule has 1 amide bonds. The average molecular weight is 327 g/mol. The second-order valence-electron chi connectivity index (χ2n) is 4.62. The van der Waals surface area contributed by atoms with E-state index in [1.165, 1.54) is 11.8 Å². The summed E-state index contributed by atoms with van der Waals surface area (Å²) in [5.74, 6) is 0.517. The van der Waals surface area contributed by atoms with Crippen LogP contribution in [0.2, 0.25) is 5.02 Å². The zero-order valence-electron chi connectivity index (χ0n) is 11.6. The molecule has 112 valence electrons. The molecule has 0 aliphatic heterocycles. The molecule has 0 bridgehead atoms. The second-order valence-corrected chi connectivity index (χ2v) is 6.07. The highest BCUT2D eigenvalue weighted by Crippen LogP contribution is 2.28. The summed E-state index contributed by atoms with van der Waals surface area (Å²) < 4.78 is 5.30. The zero-order valence-corrected chi connectivity index (χ0v) is 13.2. The first-order chi connectivity index (χ1) is 9.95. The quantitative estimate of drug-likeness (QED) is 0.647. The number of nitrogen functional groups attached to an aromatic ring is 1. The smallest absolute Gasteiger partial charge is 0.322 e. The van der Waals surface area contributed by atoms with E-state index in [1.54, 1.807) is 18.2 Å². The van der Waals surface area contributed by atoms with Gasteiger partial charge in [0.15, 0.2) is 0 Å². The van der Waals surface area contributed by atoms with Crippen molar-refractivity contribution in [3.8, 4) is 0 Å². The highest BCUT2D eigenvalue weighted by molar-refractivity contribution is 8.00. The fraction of sp³-hybridized carbons (Fsp3) is 0.308. The maximum atomic E-state index is 11.8. The van der Waals surface area contributed by atoms with E-state index in [4.69, 9.17) is 21.8 Å². The molecule has 0 saturated heterocycles. The number of nitrogens with two attached hydrogens (primary N) is 1. The predicted molar refractivity (Wildman–Crippen MR) is 83.6 cm³/mol. The monoisotopic (exact) mass is 326 g/mol. The fourth-order valence-corrected chi connectivity index (χ4v) is 2.49. The van der Waals surface area contributed by atoms with E-state index >= 15 is 0 Å². The summed E-state index contributed by atoms with van der Waals surface area (Å²) in [7, 11) is 0. The first kappa shape index (κ1) is 15.7. The summed E-state index contributed by atoms with van der Waals surface area (Å²) in [6.07, 6.45) is 0. The number of halogens is 1. The third-order valence-electron chi connectivity index (χ3n) is 2.52. The Morgan fingerprint density at radius 1 is 1.48 bits per heavy atom. The van der Waals surface area contributed by atoms with E-state index in [1.807, 2.05) is 13.8 Å². The molecule has 21 heavy (non-hydrogen) atoms. The van der Waals surface area contributed by atoms with Gasteiger partial charge in [-0.15, -0.1) is 16.9 Å². The number of nitrogens with one attached hydrogen (secondary N) is 1. The Kier molecular flexibility index (Phi) is 5.08. The molecular weight excluding hydrogens is 312 g/mol. The molecule has 0 atom stereocenters. The van der Waals surface area contributed by atoms with Crippen molar-refractivity contribution in [2.45, 2.75) is 24.7 Å². The number of anilines is 2. The molecule has 0 aliphatic carbocycles. The molecule has 0 fully saturated rings. The largest absolute Gasteiger partial charge is 0.408 e. The number of nitrogens with zero attached hydrogens (tertiary/aromatic N) is 2. The number of carbonyl (C=O) groups is 1. The third kappa shape index (κ3) is 4.37. The van der Waals surface area contributed by atoms with Gasteiger partial charge in [0, 0.05) is 21.5 Å². The van der Waals surface area contributed by atoms with Crippen LogP contribution >= 0.6 is 23.4 Å². The van der Waals surface area contributed by atoms with Gasteiger partial charge in [-0.05, 0) is 18.2 Å². The van der Waals surface area contributed by atoms with Crippen LogP contribution in [0.1, 0.15) is 25.7 Å².